The summed E-state index contributed by atoms with van der Waals surface area (Å²) in [4.78, 5) is 0. The van der Waals surface area contributed by atoms with Crippen LogP contribution in [-0.2, 0) is 8.23 Å². The maximum atomic E-state index is 7.38. The molecule has 2 nitrogen and oxygen atoms in total. The van der Waals surface area contributed by atoms with Gasteiger partial charge in [0.25, 0.3) is 0 Å². The van der Waals surface area contributed by atoms with Crippen molar-refractivity contribution in [2.24, 2.45) is 0 Å². The standard InChI is InChI=1S/C24H40O2Si3/c1-7-27(8-2,23-19-15-13-16-20-23)25-29(11-5,12-6)26-28(9-3,10-4)24-21-17-14-18-22-24/h13-22H,7-12H2,1-6H3. The monoisotopic (exact) mass is 444 g/mol. The van der Waals surface area contributed by atoms with E-state index in [1.54, 1.807) is 0 Å². The number of hydrogen-bond acceptors (Lipinski definition) is 2. The number of rotatable bonds is 12. The van der Waals surface area contributed by atoms with Crippen LogP contribution >= 0.6 is 0 Å². The molecule has 0 saturated carbocycles. The Bertz CT molecular complexity index is 650. The average Bonchev–Trinajstić information content (AvgIpc) is 2.81. The second-order valence-electron chi connectivity index (χ2n) is 7.96. The van der Waals surface area contributed by atoms with Gasteiger partial charge < -0.3 is 8.23 Å². The van der Waals surface area contributed by atoms with E-state index in [0.29, 0.717) is 0 Å². The summed E-state index contributed by atoms with van der Waals surface area (Å²) in [6.45, 7) is 13.8. The van der Waals surface area contributed by atoms with Gasteiger partial charge in [-0.2, -0.15) is 0 Å². The molecule has 0 heterocycles. The average molecular weight is 445 g/mol. The lowest BCUT2D eigenvalue weighted by Crippen LogP contribution is -2.64. The molecule has 0 radical (unpaired) electrons. The van der Waals surface area contributed by atoms with Gasteiger partial charge in [-0.3, -0.25) is 0 Å². The Kier molecular flexibility index (Phi) is 9.10. The van der Waals surface area contributed by atoms with Crippen LogP contribution in [0.15, 0.2) is 60.7 Å². The third-order valence-electron chi connectivity index (χ3n) is 6.72. The van der Waals surface area contributed by atoms with Crippen LogP contribution in [0, 0.1) is 0 Å². The van der Waals surface area contributed by atoms with Crippen molar-refractivity contribution < 1.29 is 8.23 Å². The van der Waals surface area contributed by atoms with Gasteiger partial charge in [0.1, 0.15) is 0 Å². The summed E-state index contributed by atoms with van der Waals surface area (Å²) in [5, 5.41) is 2.85. The van der Waals surface area contributed by atoms with Gasteiger partial charge in [0.15, 0.2) is 0 Å². The van der Waals surface area contributed by atoms with E-state index in [4.69, 9.17) is 8.23 Å². The van der Waals surface area contributed by atoms with E-state index in [9.17, 15) is 0 Å². The van der Waals surface area contributed by atoms with Crippen molar-refractivity contribution in [2.45, 2.75) is 77.8 Å². The Morgan fingerprint density at radius 2 is 0.793 bits per heavy atom. The Morgan fingerprint density at radius 3 is 1.03 bits per heavy atom. The quantitative estimate of drug-likeness (QED) is 0.358. The topological polar surface area (TPSA) is 18.5 Å². The van der Waals surface area contributed by atoms with Crippen LogP contribution in [-0.4, -0.2) is 25.2 Å². The van der Waals surface area contributed by atoms with Gasteiger partial charge in [-0.25, -0.2) is 0 Å². The minimum Gasteiger partial charge on any atom is -0.432 e. The van der Waals surface area contributed by atoms with Crippen LogP contribution in [0.1, 0.15) is 41.5 Å². The van der Waals surface area contributed by atoms with Gasteiger partial charge in [-0.15, -0.1) is 0 Å². The SMILES string of the molecule is CC[Si](CC)(O[Si](CC)(CC)c1ccccc1)O[Si](CC)(CC)c1ccccc1. The van der Waals surface area contributed by atoms with Crippen molar-refractivity contribution in [3.8, 4) is 0 Å². The summed E-state index contributed by atoms with van der Waals surface area (Å²) in [7, 11) is -6.47. The molecule has 2 aromatic rings. The zero-order chi connectivity index (χ0) is 21.4. The maximum Gasteiger partial charge on any atom is 0.317 e. The van der Waals surface area contributed by atoms with Crippen LogP contribution < -0.4 is 10.4 Å². The largest absolute Gasteiger partial charge is 0.432 e. The molecule has 2 aromatic carbocycles. The lowest BCUT2D eigenvalue weighted by molar-refractivity contribution is 0.371. The fraction of sp³-hybridized carbons (Fsp3) is 0.500. The minimum absolute atomic E-state index is 1.02. The fourth-order valence-electron chi connectivity index (χ4n) is 4.48. The van der Waals surface area contributed by atoms with E-state index < -0.39 is 25.2 Å². The second-order valence-corrected chi connectivity index (χ2v) is 20.8. The molecule has 0 amide bonds. The highest BCUT2D eigenvalue weighted by atomic mass is 28.5. The first kappa shape index (κ1) is 24.3. The van der Waals surface area contributed by atoms with Gasteiger partial charge >= 0.3 is 8.56 Å². The summed E-state index contributed by atoms with van der Waals surface area (Å²) in [5.41, 5.74) is 0. The zero-order valence-electron chi connectivity index (χ0n) is 19.3. The van der Waals surface area contributed by atoms with Crippen molar-refractivity contribution in [2.75, 3.05) is 0 Å². The highest BCUT2D eigenvalue weighted by molar-refractivity contribution is 6.97. The molecule has 0 saturated heterocycles. The molecule has 0 unspecified atom stereocenters. The van der Waals surface area contributed by atoms with Crippen molar-refractivity contribution >= 4 is 35.6 Å². The van der Waals surface area contributed by atoms with E-state index in [-0.39, 0.29) is 0 Å². The van der Waals surface area contributed by atoms with Gasteiger partial charge in [0.05, 0.1) is 0 Å². The molecule has 0 aromatic heterocycles. The van der Waals surface area contributed by atoms with Gasteiger partial charge in [-0.05, 0) is 46.6 Å². The Balaban J connectivity index is 2.49. The summed E-state index contributed by atoms with van der Waals surface area (Å²) in [5.74, 6) is 0. The van der Waals surface area contributed by atoms with Crippen molar-refractivity contribution in [3.05, 3.63) is 60.7 Å². The zero-order valence-corrected chi connectivity index (χ0v) is 22.3. The third-order valence-corrected chi connectivity index (χ3v) is 22.3. The van der Waals surface area contributed by atoms with Gasteiger partial charge in [-0.1, -0.05) is 102 Å². The maximum absolute atomic E-state index is 7.38. The van der Waals surface area contributed by atoms with E-state index in [1.807, 2.05) is 0 Å². The molecule has 0 bridgehead atoms. The van der Waals surface area contributed by atoms with Crippen LogP contribution in [0.4, 0.5) is 0 Å². The molecule has 0 aliphatic rings. The molecule has 0 N–H and O–H groups in total. The lowest BCUT2D eigenvalue weighted by Gasteiger charge is -2.45. The lowest BCUT2D eigenvalue weighted by atomic mass is 10.4. The highest BCUT2D eigenvalue weighted by Crippen LogP contribution is 2.33. The fourth-order valence-corrected chi connectivity index (χ4v) is 21.0. The molecule has 2 rings (SSSR count). The van der Waals surface area contributed by atoms with Crippen LogP contribution in [0.3, 0.4) is 0 Å². The smallest absolute Gasteiger partial charge is 0.317 e. The van der Waals surface area contributed by atoms with Gasteiger partial charge in [0, 0.05) is 0 Å². The highest BCUT2D eigenvalue weighted by Gasteiger charge is 2.49. The predicted molar refractivity (Wildman–Crippen MR) is 134 cm³/mol. The van der Waals surface area contributed by atoms with Crippen molar-refractivity contribution in [3.63, 3.8) is 0 Å². The number of hydrogen-bond donors (Lipinski definition) is 0. The van der Waals surface area contributed by atoms with E-state index in [0.717, 1.165) is 36.3 Å². The Hall–Kier alpha value is -0.989. The molecule has 0 atom stereocenters. The predicted octanol–water partition coefficient (Wildman–Crippen LogP) is 6.29. The van der Waals surface area contributed by atoms with Gasteiger partial charge in [0.2, 0.25) is 16.6 Å². The summed E-state index contributed by atoms with van der Waals surface area (Å²) < 4.78 is 14.8. The van der Waals surface area contributed by atoms with Crippen LogP contribution in [0.25, 0.3) is 0 Å². The molecule has 0 aliphatic carbocycles. The molecular weight excluding hydrogens is 405 g/mol. The normalized spacial score (nSPS) is 12.9. The molecule has 5 heteroatoms. The summed E-state index contributed by atoms with van der Waals surface area (Å²) >= 11 is 0. The molecule has 0 aliphatic heterocycles. The van der Waals surface area contributed by atoms with E-state index in [2.05, 4.69) is 102 Å². The molecule has 160 valence electrons. The second kappa shape index (κ2) is 10.9. The van der Waals surface area contributed by atoms with Crippen LogP contribution in [0.2, 0.25) is 36.3 Å². The molecular formula is C24H40O2Si3. The number of benzene rings is 2. The van der Waals surface area contributed by atoms with E-state index >= 15 is 0 Å². The molecule has 29 heavy (non-hydrogen) atoms. The first-order valence-electron chi connectivity index (χ1n) is 11.5. The van der Waals surface area contributed by atoms with Crippen molar-refractivity contribution in [1.82, 2.24) is 0 Å². The Morgan fingerprint density at radius 1 is 0.483 bits per heavy atom. The minimum atomic E-state index is -2.34. The van der Waals surface area contributed by atoms with E-state index in [1.165, 1.54) is 10.4 Å². The molecule has 0 fully saturated rings. The molecule has 0 spiro atoms. The van der Waals surface area contributed by atoms with Crippen molar-refractivity contribution in [1.29, 1.82) is 0 Å². The summed E-state index contributed by atoms with van der Waals surface area (Å²) in [6.07, 6.45) is 0. The summed E-state index contributed by atoms with van der Waals surface area (Å²) in [6, 6.07) is 28.4. The van der Waals surface area contributed by atoms with Crippen LogP contribution in [0.5, 0.6) is 0 Å². The Labute approximate surface area is 182 Å². The third kappa shape index (κ3) is 5.20. The first-order chi connectivity index (χ1) is 14.0. The first-order valence-corrected chi connectivity index (χ1v) is 18.4.